The molecule has 0 atom stereocenters. The van der Waals surface area contributed by atoms with Crippen molar-refractivity contribution in [1.82, 2.24) is 14.5 Å². The second-order valence-electron chi connectivity index (χ2n) is 9.86. The molecule has 10 heteroatoms. The van der Waals surface area contributed by atoms with Gasteiger partial charge in [0.25, 0.3) is 11.5 Å². The molecular formula is C31H29F2N5O3. The summed E-state index contributed by atoms with van der Waals surface area (Å²) in [5.41, 5.74) is 6.84. The van der Waals surface area contributed by atoms with Crippen LogP contribution in [0.2, 0.25) is 0 Å². The van der Waals surface area contributed by atoms with Gasteiger partial charge in [-0.2, -0.15) is 0 Å². The Balaban J connectivity index is 1.34. The van der Waals surface area contributed by atoms with E-state index in [1.54, 1.807) is 12.3 Å². The van der Waals surface area contributed by atoms with Gasteiger partial charge in [0.2, 0.25) is 0 Å². The molecule has 0 radical (unpaired) electrons. The number of pyridine rings is 2. The largest absolute Gasteiger partial charge is 0.452 e. The predicted molar refractivity (Wildman–Crippen MR) is 153 cm³/mol. The van der Waals surface area contributed by atoms with Crippen molar-refractivity contribution in [3.05, 3.63) is 118 Å². The van der Waals surface area contributed by atoms with Crippen LogP contribution in [0.5, 0.6) is 11.5 Å². The molecule has 1 aliphatic heterocycles. The van der Waals surface area contributed by atoms with Crippen molar-refractivity contribution in [3.8, 4) is 17.2 Å². The van der Waals surface area contributed by atoms with Gasteiger partial charge in [-0.1, -0.05) is 0 Å². The Morgan fingerprint density at radius 2 is 1.83 bits per heavy atom. The zero-order valence-electron chi connectivity index (χ0n) is 22.4. The van der Waals surface area contributed by atoms with Gasteiger partial charge in [-0.05, 0) is 111 Å². The number of likely N-dealkylation sites (tertiary alicyclic amines) is 1. The molecule has 3 N–H and O–H groups in total. The Kier molecular flexibility index (Phi) is 8.21. The quantitative estimate of drug-likeness (QED) is 0.320. The zero-order valence-corrected chi connectivity index (χ0v) is 22.4. The number of nitrogens with two attached hydrogens (primary N) is 1. The third-order valence-electron chi connectivity index (χ3n) is 7.05. The Labute approximate surface area is 235 Å². The van der Waals surface area contributed by atoms with E-state index in [0.29, 0.717) is 23.0 Å². The number of rotatable bonds is 7. The molecule has 4 aromatic rings. The summed E-state index contributed by atoms with van der Waals surface area (Å²) in [6.45, 7) is 1.96. The molecule has 1 aliphatic rings. The second-order valence-corrected chi connectivity index (χ2v) is 9.86. The molecule has 1 amide bonds. The van der Waals surface area contributed by atoms with E-state index in [4.69, 9.17) is 10.5 Å². The van der Waals surface area contributed by atoms with Gasteiger partial charge in [-0.3, -0.25) is 19.1 Å². The average Bonchev–Trinajstić information content (AvgIpc) is 2.96. The lowest BCUT2D eigenvalue weighted by molar-refractivity contribution is 0.102. The summed E-state index contributed by atoms with van der Waals surface area (Å²) in [5.74, 6) is -1.25. The van der Waals surface area contributed by atoms with Crippen LogP contribution >= 0.6 is 0 Å². The number of amides is 1. The maximum atomic E-state index is 15.2. The van der Waals surface area contributed by atoms with Gasteiger partial charge < -0.3 is 20.7 Å². The molecule has 3 heterocycles. The van der Waals surface area contributed by atoms with Crippen LogP contribution in [0, 0.1) is 11.6 Å². The topological polar surface area (TPSA) is 102 Å². The summed E-state index contributed by atoms with van der Waals surface area (Å²) in [7, 11) is 2.09. The summed E-state index contributed by atoms with van der Waals surface area (Å²) in [5, 5.41) is 2.55. The number of carbonyl (C=O) groups excluding carboxylic acids is 1. The Hall–Kier alpha value is -4.83. The molecule has 0 unspecified atom stereocenters. The number of benzene rings is 2. The summed E-state index contributed by atoms with van der Waals surface area (Å²) in [6, 6.07) is 14.0. The van der Waals surface area contributed by atoms with E-state index < -0.39 is 23.1 Å². The first-order chi connectivity index (χ1) is 19.8. The molecule has 5 rings (SSSR count). The van der Waals surface area contributed by atoms with Crippen molar-refractivity contribution in [2.45, 2.75) is 18.8 Å². The number of carbonyl (C=O) groups is 1. The van der Waals surface area contributed by atoms with Gasteiger partial charge in [0, 0.05) is 29.8 Å². The number of hydrogen-bond acceptors (Lipinski definition) is 6. The third kappa shape index (κ3) is 6.33. The van der Waals surface area contributed by atoms with Crippen molar-refractivity contribution >= 4 is 17.7 Å². The molecule has 1 saturated heterocycles. The van der Waals surface area contributed by atoms with E-state index in [2.05, 4.69) is 22.2 Å². The highest BCUT2D eigenvalue weighted by atomic mass is 19.1. The fraction of sp³-hybridized carbons (Fsp3) is 0.194. The van der Waals surface area contributed by atoms with Crippen molar-refractivity contribution in [2.24, 2.45) is 5.73 Å². The number of hydrogen-bond donors (Lipinski definition) is 2. The molecule has 2 aromatic carbocycles. The van der Waals surface area contributed by atoms with E-state index in [9.17, 15) is 14.0 Å². The molecule has 210 valence electrons. The molecule has 0 bridgehead atoms. The molecule has 41 heavy (non-hydrogen) atoms. The Bertz CT molecular complexity index is 1640. The number of nitrogens with zero attached hydrogens (tertiary/aromatic N) is 3. The summed E-state index contributed by atoms with van der Waals surface area (Å²) in [4.78, 5) is 32.6. The van der Waals surface area contributed by atoms with E-state index in [-0.39, 0.29) is 17.0 Å². The average molecular weight is 558 g/mol. The van der Waals surface area contributed by atoms with Gasteiger partial charge in [0.1, 0.15) is 17.1 Å². The minimum Gasteiger partial charge on any atom is -0.452 e. The zero-order chi connectivity index (χ0) is 28.9. The van der Waals surface area contributed by atoms with E-state index in [1.807, 2.05) is 6.07 Å². The highest BCUT2D eigenvalue weighted by molar-refractivity contribution is 6.04. The third-order valence-corrected chi connectivity index (χ3v) is 7.05. The number of anilines is 1. The summed E-state index contributed by atoms with van der Waals surface area (Å²) >= 11 is 0. The van der Waals surface area contributed by atoms with Crippen molar-refractivity contribution in [1.29, 1.82) is 0 Å². The SMILES string of the molecule is CN1CCC(c2cnc(C=CN)c(Oc3ccc(NC(=O)c4cccn(-c5ccc(F)cc5)c4=O)cc3F)c2)CC1. The lowest BCUT2D eigenvalue weighted by Crippen LogP contribution is -2.29. The van der Waals surface area contributed by atoms with Crippen LogP contribution in [0.3, 0.4) is 0 Å². The fourth-order valence-corrected chi connectivity index (χ4v) is 4.78. The van der Waals surface area contributed by atoms with Crippen molar-refractivity contribution in [3.63, 3.8) is 0 Å². The van der Waals surface area contributed by atoms with Gasteiger partial charge in [-0.25, -0.2) is 8.78 Å². The van der Waals surface area contributed by atoms with E-state index >= 15 is 4.39 Å². The smallest absolute Gasteiger partial charge is 0.267 e. The molecule has 0 spiro atoms. The second kappa shape index (κ2) is 12.1. The van der Waals surface area contributed by atoms with Crippen LogP contribution < -0.4 is 21.3 Å². The van der Waals surface area contributed by atoms with Gasteiger partial charge in [-0.15, -0.1) is 0 Å². The number of nitrogens with one attached hydrogen (secondary N) is 1. The van der Waals surface area contributed by atoms with Gasteiger partial charge >= 0.3 is 0 Å². The highest BCUT2D eigenvalue weighted by Gasteiger charge is 2.21. The number of piperidine rings is 1. The maximum absolute atomic E-state index is 15.2. The number of halogens is 2. The van der Waals surface area contributed by atoms with Gasteiger partial charge in [0.15, 0.2) is 17.3 Å². The number of ether oxygens (including phenoxy) is 1. The van der Waals surface area contributed by atoms with Crippen LogP contribution in [0.15, 0.2) is 84.1 Å². The van der Waals surface area contributed by atoms with E-state index in [1.165, 1.54) is 65.5 Å². The molecular weight excluding hydrogens is 528 g/mol. The molecule has 1 fully saturated rings. The summed E-state index contributed by atoms with van der Waals surface area (Å²) < 4.78 is 35.6. The molecule has 0 aliphatic carbocycles. The minimum atomic E-state index is -0.718. The van der Waals surface area contributed by atoms with Crippen molar-refractivity contribution in [2.75, 3.05) is 25.5 Å². The molecule has 0 saturated carbocycles. The monoisotopic (exact) mass is 557 g/mol. The Morgan fingerprint density at radius 3 is 2.54 bits per heavy atom. The van der Waals surface area contributed by atoms with Crippen LogP contribution in [0.4, 0.5) is 14.5 Å². The fourth-order valence-electron chi connectivity index (χ4n) is 4.78. The van der Waals surface area contributed by atoms with Crippen LogP contribution in [0.1, 0.15) is 40.4 Å². The Morgan fingerprint density at radius 1 is 1.07 bits per heavy atom. The number of aromatic nitrogens is 2. The summed E-state index contributed by atoms with van der Waals surface area (Å²) in [6.07, 6.45) is 8.18. The highest BCUT2D eigenvalue weighted by Crippen LogP contribution is 2.34. The van der Waals surface area contributed by atoms with E-state index in [0.717, 1.165) is 37.6 Å². The van der Waals surface area contributed by atoms with Crippen LogP contribution in [-0.2, 0) is 0 Å². The van der Waals surface area contributed by atoms with Crippen molar-refractivity contribution < 1.29 is 18.3 Å². The lowest BCUT2D eigenvalue weighted by Gasteiger charge is -2.29. The van der Waals surface area contributed by atoms with Crippen LogP contribution in [-0.4, -0.2) is 40.5 Å². The standard InChI is InChI=1S/C31H29F2N5O3/c1-37-15-11-20(12-16-37)21-17-29(27(10-13-34)35-19-21)41-28-9-6-23(18-26(28)33)36-30(39)25-3-2-14-38(31(25)40)24-7-4-22(32)5-8-24/h2-10,13-14,17-20H,11-12,15-16,34H2,1H3,(H,36,39). The van der Waals surface area contributed by atoms with Crippen LogP contribution in [0.25, 0.3) is 11.8 Å². The van der Waals surface area contributed by atoms with Gasteiger partial charge in [0.05, 0.1) is 0 Å². The lowest BCUT2D eigenvalue weighted by atomic mass is 9.90. The maximum Gasteiger partial charge on any atom is 0.267 e. The molecule has 2 aromatic heterocycles. The molecule has 8 nitrogen and oxygen atoms in total. The normalized spacial score (nSPS) is 14.3. The predicted octanol–water partition coefficient (Wildman–Crippen LogP) is 5.29. The first-order valence-corrected chi connectivity index (χ1v) is 13.2. The first kappa shape index (κ1) is 27.7. The first-order valence-electron chi connectivity index (χ1n) is 13.2. The minimum absolute atomic E-state index is 0.0598.